The van der Waals surface area contributed by atoms with Crippen LogP contribution in [0.5, 0.6) is 0 Å². The molecule has 1 saturated heterocycles. The van der Waals surface area contributed by atoms with Crippen molar-refractivity contribution < 1.29 is 13.6 Å². The Bertz CT molecular complexity index is 738. The monoisotopic (exact) mass is 348 g/mol. The number of hydrogen-bond acceptors (Lipinski definition) is 2. The number of aryl methyl sites for hydroxylation is 1. The van der Waals surface area contributed by atoms with Crippen LogP contribution in [-0.4, -0.2) is 34.2 Å². The average molecular weight is 348 g/mol. The molecule has 0 bridgehead atoms. The third-order valence-corrected chi connectivity index (χ3v) is 4.78. The molecule has 2 aromatic rings. The Hall–Kier alpha value is -2.44. The molecule has 0 spiro atoms. The van der Waals surface area contributed by atoms with E-state index in [1.54, 1.807) is 11.1 Å². The predicted octanol–water partition coefficient (Wildman–Crippen LogP) is 3.16. The molecule has 1 aliphatic rings. The average Bonchev–Trinajstić information content (AvgIpc) is 3.02. The number of halogens is 2. The summed E-state index contributed by atoms with van der Waals surface area (Å²) in [6.07, 6.45) is 3.78. The molecule has 1 fully saturated rings. The first-order valence-corrected chi connectivity index (χ1v) is 8.48. The van der Waals surface area contributed by atoms with Gasteiger partial charge in [0.15, 0.2) is 0 Å². The Morgan fingerprint density at radius 2 is 2.08 bits per heavy atom. The number of urea groups is 1. The number of aromatic nitrogens is 2. The third kappa shape index (κ3) is 4.35. The lowest BCUT2D eigenvalue weighted by Gasteiger charge is -2.32. The molecule has 134 valence electrons. The van der Waals surface area contributed by atoms with Crippen LogP contribution in [0.15, 0.2) is 24.4 Å². The minimum Gasteiger partial charge on any atom is -0.334 e. The number of likely N-dealkylation sites (tertiary alicyclic amines) is 1. The Balaban J connectivity index is 1.47. The lowest BCUT2D eigenvalue weighted by atomic mass is 9.90. The number of carbonyl (C=O) groups is 1. The van der Waals surface area contributed by atoms with Crippen LogP contribution in [0.25, 0.3) is 0 Å². The van der Waals surface area contributed by atoms with Crippen LogP contribution < -0.4 is 5.32 Å². The van der Waals surface area contributed by atoms with Crippen molar-refractivity contribution in [3.8, 4) is 0 Å². The Kier molecular flexibility index (Phi) is 5.31. The van der Waals surface area contributed by atoms with Gasteiger partial charge in [0.05, 0.1) is 6.20 Å². The summed E-state index contributed by atoms with van der Waals surface area (Å²) in [5.41, 5.74) is 2.32. The van der Waals surface area contributed by atoms with Crippen molar-refractivity contribution >= 4 is 6.03 Å². The van der Waals surface area contributed by atoms with Gasteiger partial charge in [0.25, 0.3) is 0 Å². The summed E-state index contributed by atoms with van der Waals surface area (Å²) >= 11 is 0. The summed E-state index contributed by atoms with van der Waals surface area (Å²) in [7, 11) is 0. The van der Waals surface area contributed by atoms with Gasteiger partial charge in [-0.15, -0.1) is 0 Å². The van der Waals surface area contributed by atoms with Gasteiger partial charge in [0.1, 0.15) is 11.6 Å². The second kappa shape index (κ2) is 7.63. The maximum absolute atomic E-state index is 13.7. The molecule has 0 atom stereocenters. The molecule has 1 aromatic heterocycles. The molecule has 1 aliphatic heterocycles. The van der Waals surface area contributed by atoms with E-state index in [4.69, 9.17) is 0 Å². The molecule has 25 heavy (non-hydrogen) atoms. The number of nitrogens with zero attached hydrogens (tertiary/aromatic N) is 2. The lowest BCUT2D eigenvalue weighted by molar-refractivity contribution is 0.169. The highest BCUT2D eigenvalue weighted by Gasteiger charge is 2.23. The lowest BCUT2D eigenvalue weighted by Crippen LogP contribution is -2.44. The minimum atomic E-state index is -0.414. The summed E-state index contributed by atoms with van der Waals surface area (Å²) in [6, 6.07) is 3.47. The van der Waals surface area contributed by atoms with Crippen molar-refractivity contribution in [2.24, 2.45) is 5.92 Å². The van der Waals surface area contributed by atoms with E-state index in [1.807, 2.05) is 6.92 Å². The zero-order chi connectivity index (χ0) is 17.8. The highest BCUT2D eigenvalue weighted by molar-refractivity contribution is 5.74. The quantitative estimate of drug-likeness (QED) is 0.892. The molecule has 0 radical (unpaired) electrons. The largest absolute Gasteiger partial charge is 0.334 e. The van der Waals surface area contributed by atoms with E-state index in [-0.39, 0.29) is 17.8 Å². The van der Waals surface area contributed by atoms with Gasteiger partial charge in [-0.25, -0.2) is 13.6 Å². The maximum atomic E-state index is 13.7. The standard InChI is InChI=1S/C18H22F2N4O/c1-12-15(11-22-23-12)10-21-18(25)24-6-4-13(5-7-24)8-14-9-16(19)2-3-17(14)20/h2-3,9,11,13H,4-8,10H2,1H3,(H,21,25)(H,22,23). The smallest absolute Gasteiger partial charge is 0.317 e. The van der Waals surface area contributed by atoms with Gasteiger partial charge in [-0.05, 0) is 55.9 Å². The number of H-pyrrole nitrogens is 1. The van der Waals surface area contributed by atoms with Crippen molar-refractivity contribution in [2.45, 2.75) is 32.7 Å². The fourth-order valence-corrected chi connectivity index (χ4v) is 3.19. The molecule has 0 unspecified atom stereocenters. The Morgan fingerprint density at radius 1 is 1.32 bits per heavy atom. The zero-order valence-electron chi connectivity index (χ0n) is 14.2. The van der Waals surface area contributed by atoms with Gasteiger partial charge in [0.2, 0.25) is 0 Å². The molecule has 7 heteroatoms. The van der Waals surface area contributed by atoms with Crippen LogP contribution >= 0.6 is 0 Å². The molecular weight excluding hydrogens is 326 g/mol. The Labute approximate surface area is 145 Å². The number of nitrogens with one attached hydrogen (secondary N) is 2. The van der Waals surface area contributed by atoms with Crippen molar-refractivity contribution in [3.05, 3.63) is 52.9 Å². The van der Waals surface area contributed by atoms with Crippen LogP contribution in [0.1, 0.15) is 29.7 Å². The molecule has 1 aromatic carbocycles. The molecule has 0 saturated carbocycles. The Morgan fingerprint density at radius 3 is 2.76 bits per heavy atom. The molecule has 3 rings (SSSR count). The van der Waals surface area contributed by atoms with E-state index in [0.29, 0.717) is 31.6 Å². The normalized spacial score (nSPS) is 15.4. The number of hydrogen-bond donors (Lipinski definition) is 2. The number of piperidine rings is 1. The highest BCUT2D eigenvalue weighted by atomic mass is 19.1. The number of carbonyl (C=O) groups excluding carboxylic acids is 1. The zero-order valence-corrected chi connectivity index (χ0v) is 14.2. The van der Waals surface area contributed by atoms with E-state index in [0.717, 1.165) is 30.2 Å². The second-order valence-electron chi connectivity index (χ2n) is 6.55. The van der Waals surface area contributed by atoms with Crippen molar-refractivity contribution in [3.63, 3.8) is 0 Å². The van der Waals surface area contributed by atoms with Gasteiger partial charge in [-0.2, -0.15) is 5.10 Å². The van der Waals surface area contributed by atoms with Gasteiger partial charge < -0.3 is 10.2 Å². The summed E-state index contributed by atoms with van der Waals surface area (Å²) in [5, 5.41) is 9.66. The van der Waals surface area contributed by atoms with Crippen LogP contribution in [0.3, 0.4) is 0 Å². The summed E-state index contributed by atoms with van der Waals surface area (Å²) in [5.74, 6) is -0.517. The number of amides is 2. The molecule has 2 N–H and O–H groups in total. The number of aromatic amines is 1. The van der Waals surface area contributed by atoms with Crippen LogP contribution in [0, 0.1) is 24.5 Å². The molecular formula is C18H22F2N4O. The SMILES string of the molecule is Cc1[nH]ncc1CNC(=O)N1CCC(Cc2cc(F)ccc2F)CC1. The summed E-state index contributed by atoms with van der Waals surface area (Å²) in [6.45, 7) is 3.59. The van der Waals surface area contributed by atoms with Crippen molar-refractivity contribution in [2.75, 3.05) is 13.1 Å². The first-order valence-electron chi connectivity index (χ1n) is 8.48. The van der Waals surface area contributed by atoms with Crippen molar-refractivity contribution in [1.82, 2.24) is 20.4 Å². The topological polar surface area (TPSA) is 61.0 Å². The minimum absolute atomic E-state index is 0.101. The predicted molar refractivity (Wildman–Crippen MR) is 89.9 cm³/mol. The van der Waals surface area contributed by atoms with Gasteiger partial charge in [-0.1, -0.05) is 0 Å². The van der Waals surface area contributed by atoms with Crippen LogP contribution in [-0.2, 0) is 13.0 Å². The van der Waals surface area contributed by atoms with Gasteiger partial charge >= 0.3 is 6.03 Å². The number of rotatable bonds is 4. The summed E-state index contributed by atoms with van der Waals surface area (Å²) in [4.78, 5) is 14.0. The first kappa shape index (κ1) is 17.4. The fraction of sp³-hybridized carbons (Fsp3) is 0.444. The molecule has 5 nitrogen and oxygen atoms in total. The van der Waals surface area contributed by atoms with Gasteiger partial charge in [-0.3, -0.25) is 5.10 Å². The van der Waals surface area contributed by atoms with E-state index in [1.165, 1.54) is 12.1 Å². The molecule has 0 aliphatic carbocycles. The third-order valence-electron chi connectivity index (χ3n) is 4.78. The number of benzene rings is 1. The van der Waals surface area contributed by atoms with E-state index in [9.17, 15) is 13.6 Å². The molecule has 2 heterocycles. The van der Waals surface area contributed by atoms with Crippen LogP contribution in [0.4, 0.5) is 13.6 Å². The fourth-order valence-electron chi connectivity index (χ4n) is 3.19. The molecule has 2 amide bonds. The highest BCUT2D eigenvalue weighted by Crippen LogP contribution is 2.23. The summed E-state index contributed by atoms with van der Waals surface area (Å²) < 4.78 is 27.0. The van der Waals surface area contributed by atoms with E-state index >= 15 is 0 Å². The van der Waals surface area contributed by atoms with E-state index in [2.05, 4.69) is 15.5 Å². The van der Waals surface area contributed by atoms with Crippen LogP contribution in [0.2, 0.25) is 0 Å². The first-order chi connectivity index (χ1) is 12.0. The maximum Gasteiger partial charge on any atom is 0.317 e. The van der Waals surface area contributed by atoms with E-state index < -0.39 is 5.82 Å². The van der Waals surface area contributed by atoms with Gasteiger partial charge in [0, 0.05) is 30.9 Å². The second-order valence-corrected chi connectivity index (χ2v) is 6.55. The van der Waals surface area contributed by atoms with Crippen molar-refractivity contribution in [1.29, 1.82) is 0 Å².